The highest BCUT2D eigenvalue weighted by molar-refractivity contribution is 7.11. The molecule has 20 heavy (non-hydrogen) atoms. The van der Waals surface area contributed by atoms with E-state index in [4.69, 9.17) is 23.2 Å². The Morgan fingerprint density at radius 1 is 1.20 bits per heavy atom. The Labute approximate surface area is 134 Å². The molecule has 0 aliphatic heterocycles. The van der Waals surface area contributed by atoms with Gasteiger partial charge in [0.25, 0.3) is 0 Å². The van der Waals surface area contributed by atoms with Gasteiger partial charge in [-0.3, -0.25) is 0 Å². The molecule has 0 unspecified atom stereocenters. The van der Waals surface area contributed by atoms with Crippen LogP contribution in [0.5, 0.6) is 0 Å². The predicted molar refractivity (Wildman–Crippen MR) is 88.0 cm³/mol. The predicted octanol–water partition coefficient (Wildman–Crippen LogP) is 4.93. The van der Waals surface area contributed by atoms with Crippen LogP contribution in [0.1, 0.15) is 36.2 Å². The molecule has 0 amide bonds. The second-order valence-electron chi connectivity index (χ2n) is 5.70. The number of nitrogens with zero attached hydrogens (tertiary/aromatic N) is 1. The van der Waals surface area contributed by atoms with Gasteiger partial charge in [0.2, 0.25) is 0 Å². The Morgan fingerprint density at radius 2 is 1.85 bits per heavy atom. The zero-order valence-corrected chi connectivity index (χ0v) is 14.2. The molecule has 2 rings (SSSR count). The summed E-state index contributed by atoms with van der Waals surface area (Å²) in [5.41, 5.74) is 1.05. The number of rotatable bonds is 4. The number of hydrogen-bond donors (Lipinski definition) is 1. The molecule has 2 aromatic rings. The molecular weight excluding hydrogens is 311 g/mol. The van der Waals surface area contributed by atoms with Gasteiger partial charge in [-0.05, 0) is 38.5 Å². The molecule has 5 heteroatoms. The quantitative estimate of drug-likeness (QED) is 0.860. The molecule has 1 aromatic heterocycles. The van der Waals surface area contributed by atoms with E-state index >= 15 is 0 Å². The van der Waals surface area contributed by atoms with Crippen LogP contribution in [0.25, 0.3) is 0 Å². The maximum atomic E-state index is 6.19. The van der Waals surface area contributed by atoms with Crippen molar-refractivity contribution in [2.45, 2.75) is 39.3 Å². The Hall–Kier alpha value is -0.610. The van der Waals surface area contributed by atoms with Gasteiger partial charge in [0.15, 0.2) is 0 Å². The second-order valence-corrected chi connectivity index (χ2v) is 7.72. The van der Waals surface area contributed by atoms with Gasteiger partial charge in [0.05, 0.1) is 5.01 Å². The van der Waals surface area contributed by atoms with E-state index in [2.05, 4.69) is 31.1 Å². The van der Waals surface area contributed by atoms with E-state index < -0.39 is 0 Å². The minimum atomic E-state index is 0.107. The SMILES string of the molecule is CC(C)(C)NCc1cnc(Cc2c(Cl)cccc2Cl)s1. The third kappa shape index (κ3) is 4.45. The zero-order chi connectivity index (χ0) is 14.8. The van der Waals surface area contributed by atoms with Crippen molar-refractivity contribution in [1.29, 1.82) is 0 Å². The topological polar surface area (TPSA) is 24.9 Å². The summed E-state index contributed by atoms with van der Waals surface area (Å²) < 4.78 is 0. The fourth-order valence-electron chi connectivity index (χ4n) is 1.72. The van der Waals surface area contributed by atoms with Gasteiger partial charge < -0.3 is 5.32 Å². The molecule has 0 radical (unpaired) electrons. The van der Waals surface area contributed by atoms with Crippen molar-refractivity contribution in [2.75, 3.05) is 0 Å². The van der Waals surface area contributed by atoms with Crippen molar-refractivity contribution >= 4 is 34.5 Å². The average molecular weight is 329 g/mol. The lowest BCUT2D eigenvalue weighted by atomic mass is 10.1. The minimum Gasteiger partial charge on any atom is -0.307 e. The van der Waals surface area contributed by atoms with E-state index in [1.807, 2.05) is 24.4 Å². The highest BCUT2D eigenvalue weighted by Gasteiger charge is 2.12. The molecule has 0 saturated heterocycles. The number of thiazole rings is 1. The van der Waals surface area contributed by atoms with Crippen LogP contribution in [0.4, 0.5) is 0 Å². The van der Waals surface area contributed by atoms with Gasteiger partial charge in [-0.15, -0.1) is 11.3 Å². The molecule has 0 atom stereocenters. The Kier molecular flexibility index (Phi) is 5.08. The first-order chi connectivity index (χ1) is 9.35. The highest BCUT2D eigenvalue weighted by atomic mass is 35.5. The third-order valence-corrected chi connectivity index (χ3v) is 4.49. The number of hydrogen-bond acceptors (Lipinski definition) is 3. The molecule has 0 spiro atoms. The maximum Gasteiger partial charge on any atom is 0.0973 e. The van der Waals surface area contributed by atoms with Crippen molar-refractivity contribution < 1.29 is 0 Å². The number of aromatic nitrogens is 1. The smallest absolute Gasteiger partial charge is 0.0973 e. The molecule has 0 aliphatic carbocycles. The summed E-state index contributed by atoms with van der Waals surface area (Å²) in [4.78, 5) is 5.68. The van der Waals surface area contributed by atoms with Crippen molar-refractivity contribution in [1.82, 2.24) is 10.3 Å². The van der Waals surface area contributed by atoms with E-state index in [0.717, 1.165) is 17.1 Å². The fraction of sp³-hybridized carbons (Fsp3) is 0.400. The largest absolute Gasteiger partial charge is 0.307 e. The minimum absolute atomic E-state index is 0.107. The summed E-state index contributed by atoms with van der Waals surface area (Å²) in [5.74, 6) is 0. The van der Waals surface area contributed by atoms with Gasteiger partial charge in [-0.2, -0.15) is 0 Å². The van der Waals surface area contributed by atoms with E-state index in [0.29, 0.717) is 16.5 Å². The lowest BCUT2D eigenvalue weighted by Crippen LogP contribution is -2.34. The average Bonchev–Trinajstić information content (AvgIpc) is 2.79. The van der Waals surface area contributed by atoms with E-state index in [1.165, 1.54) is 4.88 Å². The molecule has 108 valence electrons. The molecule has 0 bridgehead atoms. The number of halogens is 2. The second kappa shape index (κ2) is 6.44. The third-order valence-electron chi connectivity index (χ3n) is 2.78. The van der Waals surface area contributed by atoms with Gasteiger partial charge in [-0.25, -0.2) is 4.98 Å². The standard InChI is InChI=1S/C15H18Cl2N2S/c1-15(2,3)19-9-10-8-18-14(20-10)7-11-12(16)5-4-6-13(11)17/h4-6,8,19H,7,9H2,1-3H3. The summed E-state index contributed by atoms with van der Waals surface area (Å²) in [6.45, 7) is 7.28. The van der Waals surface area contributed by atoms with Crippen LogP contribution in [0.3, 0.4) is 0 Å². The van der Waals surface area contributed by atoms with Gasteiger partial charge >= 0.3 is 0 Å². The first-order valence-electron chi connectivity index (χ1n) is 6.46. The molecule has 1 heterocycles. The van der Waals surface area contributed by atoms with Crippen LogP contribution in [0.2, 0.25) is 10.0 Å². The summed E-state index contributed by atoms with van der Waals surface area (Å²) in [6.07, 6.45) is 2.60. The van der Waals surface area contributed by atoms with Crippen molar-refractivity contribution in [3.63, 3.8) is 0 Å². The Balaban J connectivity index is 2.06. The first kappa shape index (κ1) is 15.8. The van der Waals surface area contributed by atoms with Crippen LogP contribution < -0.4 is 5.32 Å². The molecule has 0 fully saturated rings. The van der Waals surface area contributed by atoms with Crippen LogP contribution >= 0.6 is 34.5 Å². The van der Waals surface area contributed by atoms with Crippen LogP contribution in [-0.2, 0) is 13.0 Å². The normalized spacial score (nSPS) is 11.8. The Morgan fingerprint density at radius 3 is 2.45 bits per heavy atom. The van der Waals surface area contributed by atoms with E-state index in [1.54, 1.807) is 11.3 Å². The maximum absolute atomic E-state index is 6.19. The van der Waals surface area contributed by atoms with E-state index in [9.17, 15) is 0 Å². The fourth-order valence-corrected chi connectivity index (χ4v) is 3.12. The monoisotopic (exact) mass is 328 g/mol. The molecule has 2 nitrogen and oxygen atoms in total. The number of benzene rings is 1. The van der Waals surface area contributed by atoms with Crippen LogP contribution in [-0.4, -0.2) is 10.5 Å². The van der Waals surface area contributed by atoms with Crippen molar-refractivity contribution in [2.24, 2.45) is 0 Å². The van der Waals surface area contributed by atoms with Gasteiger partial charge in [0.1, 0.15) is 0 Å². The first-order valence-corrected chi connectivity index (χ1v) is 8.04. The van der Waals surface area contributed by atoms with Crippen molar-refractivity contribution in [3.8, 4) is 0 Å². The van der Waals surface area contributed by atoms with Crippen LogP contribution in [0, 0.1) is 0 Å². The molecule has 0 saturated carbocycles. The van der Waals surface area contributed by atoms with Gasteiger partial charge in [0, 0.05) is 39.6 Å². The highest BCUT2D eigenvalue weighted by Crippen LogP contribution is 2.28. The lowest BCUT2D eigenvalue weighted by Gasteiger charge is -2.19. The molecule has 1 N–H and O–H groups in total. The molecule has 0 aliphatic rings. The van der Waals surface area contributed by atoms with Crippen molar-refractivity contribution in [3.05, 3.63) is 49.9 Å². The Bertz CT molecular complexity index is 568. The summed E-state index contributed by atoms with van der Waals surface area (Å²) in [6, 6.07) is 5.57. The zero-order valence-electron chi connectivity index (χ0n) is 11.8. The molecular formula is C15H18Cl2N2S. The number of nitrogens with one attached hydrogen (secondary N) is 1. The lowest BCUT2D eigenvalue weighted by molar-refractivity contribution is 0.426. The summed E-state index contributed by atoms with van der Waals surface area (Å²) in [5, 5.41) is 5.88. The summed E-state index contributed by atoms with van der Waals surface area (Å²) >= 11 is 14.1. The van der Waals surface area contributed by atoms with E-state index in [-0.39, 0.29) is 5.54 Å². The van der Waals surface area contributed by atoms with Gasteiger partial charge in [-0.1, -0.05) is 29.3 Å². The summed E-state index contributed by atoms with van der Waals surface area (Å²) in [7, 11) is 0. The van der Waals surface area contributed by atoms with Crippen LogP contribution in [0.15, 0.2) is 24.4 Å². The molecule has 1 aromatic carbocycles.